The van der Waals surface area contributed by atoms with E-state index >= 15 is 0 Å². The Hall–Kier alpha value is -0.530. The smallest absolute Gasteiger partial charge is 0.410 e. The second-order valence-corrected chi connectivity index (χ2v) is 11.1. The normalized spacial score (nSPS) is 21.6. The van der Waals surface area contributed by atoms with Crippen molar-refractivity contribution in [2.24, 2.45) is 0 Å². The van der Waals surface area contributed by atoms with E-state index in [4.69, 9.17) is 39.5 Å². The molecule has 1 amide bonds. The van der Waals surface area contributed by atoms with Crippen molar-refractivity contribution in [3.63, 3.8) is 0 Å². The van der Waals surface area contributed by atoms with Gasteiger partial charge in [-0.2, -0.15) is 0 Å². The number of rotatable bonds is 3. The number of aromatic hydroxyl groups is 1. The van der Waals surface area contributed by atoms with Crippen molar-refractivity contribution in [2.45, 2.75) is 56.8 Å². The van der Waals surface area contributed by atoms with Crippen molar-refractivity contribution < 1.29 is 14.6 Å². The van der Waals surface area contributed by atoms with Crippen LogP contribution in [0.1, 0.15) is 51.5 Å². The van der Waals surface area contributed by atoms with Crippen LogP contribution in [-0.2, 0) is 4.74 Å². The lowest BCUT2D eigenvalue weighted by atomic mass is 9.89. The summed E-state index contributed by atoms with van der Waals surface area (Å²) < 4.78 is 7.82. The van der Waals surface area contributed by atoms with E-state index in [2.05, 4.69) is 4.31 Å². The van der Waals surface area contributed by atoms with Gasteiger partial charge < -0.3 is 14.7 Å². The Labute approximate surface area is 191 Å². The van der Waals surface area contributed by atoms with E-state index in [9.17, 15) is 9.90 Å². The van der Waals surface area contributed by atoms with E-state index in [1.165, 1.54) is 6.07 Å². The SMILES string of the molecule is CC(C)(C)OC(=O)N1CCC(SN2CCC(c3c(O)cc(Cl)c(Cl)c3Cl)CC2)C1. The van der Waals surface area contributed by atoms with Gasteiger partial charge in [0.1, 0.15) is 11.4 Å². The first kappa shape index (κ1) is 23.1. The number of halogens is 3. The van der Waals surface area contributed by atoms with E-state index < -0.39 is 5.60 Å². The average Bonchev–Trinajstić information content (AvgIpc) is 3.08. The van der Waals surface area contributed by atoms with Crippen LogP contribution >= 0.6 is 46.8 Å². The molecule has 0 aromatic heterocycles. The average molecular weight is 482 g/mol. The number of likely N-dealkylation sites (tertiary alicyclic amines) is 1. The van der Waals surface area contributed by atoms with Crippen LogP contribution < -0.4 is 0 Å². The number of benzene rings is 1. The van der Waals surface area contributed by atoms with Gasteiger partial charge in [0, 0.05) is 43.1 Å². The lowest BCUT2D eigenvalue weighted by Gasteiger charge is -2.33. The quantitative estimate of drug-likeness (QED) is 0.412. The molecule has 1 unspecified atom stereocenters. The fourth-order valence-electron chi connectivity index (χ4n) is 3.75. The number of amides is 1. The number of piperidine rings is 1. The summed E-state index contributed by atoms with van der Waals surface area (Å²) in [4.78, 5) is 14.0. The highest BCUT2D eigenvalue weighted by molar-refractivity contribution is 7.97. The van der Waals surface area contributed by atoms with Gasteiger partial charge in [0.15, 0.2) is 0 Å². The van der Waals surface area contributed by atoms with Crippen LogP contribution in [0.4, 0.5) is 4.79 Å². The zero-order valence-corrected chi connectivity index (χ0v) is 20.0. The number of carbonyl (C=O) groups excluding carboxylic acids is 1. The molecule has 2 fully saturated rings. The van der Waals surface area contributed by atoms with Crippen LogP contribution in [0.3, 0.4) is 0 Å². The number of phenols is 1. The van der Waals surface area contributed by atoms with Crippen molar-refractivity contribution >= 4 is 52.8 Å². The molecule has 0 radical (unpaired) electrons. The Morgan fingerprint density at radius 3 is 2.41 bits per heavy atom. The second kappa shape index (κ2) is 9.31. The summed E-state index contributed by atoms with van der Waals surface area (Å²) in [7, 11) is 0. The van der Waals surface area contributed by atoms with E-state index in [1.807, 2.05) is 32.7 Å². The molecule has 29 heavy (non-hydrogen) atoms. The maximum Gasteiger partial charge on any atom is 0.410 e. The predicted molar refractivity (Wildman–Crippen MR) is 120 cm³/mol. The first-order chi connectivity index (χ1) is 13.5. The third-order valence-corrected chi connectivity index (χ3v) is 7.76. The predicted octanol–water partition coefficient (Wildman–Crippen LogP) is 6.19. The summed E-state index contributed by atoms with van der Waals surface area (Å²) in [5, 5.41) is 11.6. The van der Waals surface area contributed by atoms with Gasteiger partial charge in [0.05, 0.1) is 15.1 Å². The summed E-state index contributed by atoms with van der Waals surface area (Å²) in [6, 6.07) is 1.47. The molecule has 0 bridgehead atoms. The van der Waals surface area contributed by atoms with Crippen molar-refractivity contribution in [2.75, 3.05) is 26.2 Å². The number of phenolic OH excluding ortho intramolecular Hbond substituents is 1. The van der Waals surface area contributed by atoms with Gasteiger partial charge >= 0.3 is 6.09 Å². The molecule has 2 aliphatic heterocycles. The van der Waals surface area contributed by atoms with Crippen molar-refractivity contribution in [3.05, 3.63) is 26.7 Å². The molecule has 1 N–H and O–H groups in total. The minimum atomic E-state index is -0.471. The minimum absolute atomic E-state index is 0.110. The standard InChI is InChI=1S/C20H27Cl3N2O3S/c1-20(2,3)28-19(27)24-7-6-13(11-24)29-25-8-4-12(5-9-25)16-15(26)10-14(21)17(22)18(16)23/h10,12-13,26H,4-9,11H2,1-3H3. The highest BCUT2D eigenvalue weighted by Crippen LogP contribution is 2.45. The van der Waals surface area contributed by atoms with Crippen molar-refractivity contribution in [1.82, 2.24) is 9.21 Å². The molecule has 2 aliphatic rings. The molecule has 1 atom stereocenters. The lowest BCUT2D eigenvalue weighted by molar-refractivity contribution is 0.0295. The number of hydrogen-bond donors (Lipinski definition) is 1. The summed E-state index contributed by atoms with van der Waals surface area (Å²) >= 11 is 20.3. The van der Waals surface area contributed by atoms with Crippen LogP contribution in [0.5, 0.6) is 5.75 Å². The Balaban J connectivity index is 1.51. The molecule has 3 rings (SSSR count). The molecule has 9 heteroatoms. The molecule has 5 nitrogen and oxygen atoms in total. The van der Waals surface area contributed by atoms with E-state index in [-0.39, 0.29) is 22.8 Å². The minimum Gasteiger partial charge on any atom is -0.508 e. The zero-order valence-electron chi connectivity index (χ0n) is 16.9. The molecule has 1 aromatic rings. The van der Waals surface area contributed by atoms with Gasteiger partial charge in [-0.15, -0.1) is 0 Å². The summed E-state index contributed by atoms with van der Waals surface area (Å²) in [6.45, 7) is 8.86. The number of ether oxygens (including phenoxy) is 1. The Bertz CT molecular complexity index is 764. The van der Waals surface area contributed by atoms with Gasteiger partial charge in [-0.05, 0) is 46.0 Å². The number of hydrogen-bond acceptors (Lipinski definition) is 5. The monoisotopic (exact) mass is 480 g/mol. The van der Waals surface area contributed by atoms with Gasteiger partial charge in [0.2, 0.25) is 0 Å². The highest BCUT2D eigenvalue weighted by Gasteiger charge is 2.33. The molecular formula is C20H27Cl3N2O3S. The number of nitrogens with zero attached hydrogens (tertiary/aromatic N) is 2. The maximum atomic E-state index is 12.2. The van der Waals surface area contributed by atoms with Crippen LogP contribution in [0.25, 0.3) is 0 Å². The first-order valence-corrected chi connectivity index (χ1v) is 11.8. The third-order valence-electron chi connectivity index (χ3n) is 5.14. The van der Waals surface area contributed by atoms with E-state index in [0.29, 0.717) is 27.4 Å². The molecule has 0 aliphatic carbocycles. The molecule has 1 aromatic carbocycles. The summed E-state index contributed by atoms with van der Waals surface area (Å²) in [6.07, 6.45) is 2.48. The molecule has 0 spiro atoms. The number of carbonyl (C=O) groups is 1. The third kappa shape index (κ3) is 5.79. The van der Waals surface area contributed by atoms with Crippen LogP contribution in [-0.4, -0.2) is 57.4 Å². The fourth-order valence-corrected chi connectivity index (χ4v) is 5.81. The van der Waals surface area contributed by atoms with Crippen LogP contribution in [0.15, 0.2) is 6.07 Å². The van der Waals surface area contributed by atoms with Crippen LogP contribution in [0, 0.1) is 0 Å². The topological polar surface area (TPSA) is 53.0 Å². The van der Waals surface area contributed by atoms with Gasteiger partial charge in [-0.1, -0.05) is 46.8 Å². The van der Waals surface area contributed by atoms with Crippen LogP contribution in [0.2, 0.25) is 15.1 Å². The summed E-state index contributed by atoms with van der Waals surface area (Å²) in [5.74, 6) is 0.259. The maximum absolute atomic E-state index is 12.2. The van der Waals surface area contributed by atoms with Crippen molar-refractivity contribution in [3.8, 4) is 5.75 Å². The largest absolute Gasteiger partial charge is 0.508 e. The highest BCUT2D eigenvalue weighted by atomic mass is 35.5. The fraction of sp³-hybridized carbons (Fsp3) is 0.650. The Morgan fingerprint density at radius 1 is 1.14 bits per heavy atom. The first-order valence-electron chi connectivity index (χ1n) is 9.81. The summed E-state index contributed by atoms with van der Waals surface area (Å²) in [5.41, 5.74) is 0.226. The van der Waals surface area contributed by atoms with Gasteiger partial charge in [-0.25, -0.2) is 4.79 Å². The molecule has 2 saturated heterocycles. The Kier molecular flexibility index (Phi) is 7.43. The molecule has 0 saturated carbocycles. The Morgan fingerprint density at radius 2 is 1.79 bits per heavy atom. The van der Waals surface area contributed by atoms with Gasteiger partial charge in [-0.3, -0.25) is 4.31 Å². The molecule has 2 heterocycles. The van der Waals surface area contributed by atoms with E-state index in [0.717, 1.165) is 38.9 Å². The second-order valence-electron chi connectivity index (χ2n) is 8.56. The molecule has 162 valence electrons. The lowest BCUT2D eigenvalue weighted by Crippen LogP contribution is -2.36. The van der Waals surface area contributed by atoms with E-state index in [1.54, 1.807) is 4.90 Å². The zero-order chi connectivity index (χ0) is 21.3. The van der Waals surface area contributed by atoms with Crippen molar-refractivity contribution in [1.29, 1.82) is 0 Å². The van der Waals surface area contributed by atoms with Gasteiger partial charge in [0.25, 0.3) is 0 Å². The molecular weight excluding hydrogens is 455 g/mol.